The first-order valence-electron chi connectivity index (χ1n) is 38.0. The molecule has 3 aromatic carbocycles. The number of benzene rings is 3. The van der Waals surface area contributed by atoms with Crippen LogP contribution in [0.25, 0.3) is 0 Å². The number of carboxylic acids is 2. The van der Waals surface area contributed by atoms with Crippen molar-refractivity contribution in [3.8, 4) is 0 Å². The van der Waals surface area contributed by atoms with E-state index in [9.17, 15) is 72.5 Å². The third-order valence-corrected chi connectivity index (χ3v) is 19.8. The number of carboxylic acid groups (broad SMARTS) is 2. The summed E-state index contributed by atoms with van der Waals surface area (Å²) in [5.74, 6) is -2.29. The average molecular weight is 1680 g/mol. The molecule has 3 heterocycles. The first-order valence-corrected chi connectivity index (χ1v) is 41.0. The molecule has 13 N–H and O–H groups in total. The summed E-state index contributed by atoms with van der Waals surface area (Å²) in [6.45, 7) is 6.02. The summed E-state index contributed by atoms with van der Waals surface area (Å²) >= 11 is 8.69. The maximum atomic E-state index is 12.4. The summed E-state index contributed by atoms with van der Waals surface area (Å²) in [6.07, 6.45) is 12.7. The quantitative estimate of drug-likeness (QED) is 0.0167. The lowest BCUT2D eigenvalue weighted by Gasteiger charge is -2.29. The minimum atomic E-state index is -0.897. The van der Waals surface area contributed by atoms with Gasteiger partial charge in [0, 0.05) is 118 Å². The summed E-state index contributed by atoms with van der Waals surface area (Å²) in [7, 11) is 3.15. The van der Waals surface area contributed by atoms with Gasteiger partial charge in [-0.3, -0.25) is 91.7 Å². The predicted octanol–water partition coefficient (Wildman–Crippen LogP) is 2.89. The van der Waals surface area contributed by atoms with E-state index in [-0.39, 0.29) is 123 Å². The number of rotatable bonds is 51. The second kappa shape index (κ2) is 59.0. The summed E-state index contributed by atoms with van der Waals surface area (Å²) in [5.41, 5.74) is 2.67. The van der Waals surface area contributed by atoms with Crippen LogP contribution < -0.4 is 26.6 Å². The van der Waals surface area contributed by atoms with E-state index in [1.165, 1.54) is 14.7 Å². The molecule has 112 heavy (non-hydrogen) atoms. The number of carbonyl (C=O) groups excluding carboxylic acids is 11. The van der Waals surface area contributed by atoms with Gasteiger partial charge in [0.15, 0.2) is 0 Å². The molecule has 0 fully saturated rings. The number of fused-ring (bicyclic) bond motifs is 3. The first kappa shape index (κ1) is 100. The van der Waals surface area contributed by atoms with E-state index in [0.29, 0.717) is 201 Å². The lowest BCUT2D eigenvalue weighted by molar-refractivity contribution is -0.137. The van der Waals surface area contributed by atoms with Crippen molar-refractivity contribution in [2.75, 3.05) is 150 Å². The molecule has 11 amide bonds. The number of nitrogens with zero attached hydrogens (tertiary/aromatic N) is 6. The number of imide groups is 3. The molecule has 35 heteroatoms. The number of likely N-dealkylation sites (N-methyl/N-ethyl adjacent to an activating group) is 3. The number of thioether (sulfide) groups is 1. The number of halogens is 1. The molecule has 4 atom stereocenters. The molecule has 3 aromatic rings. The molecule has 0 saturated carbocycles. The van der Waals surface area contributed by atoms with Crippen molar-refractivity contribution in [3.05, 3.63) is 106 Å². The average Bonchev–Trinajstić information content (AvgIpc) is 1.66. The van der Waals surface area contributed by atoms with Crippen LogP contribution in [0.3, 0.4) is 0 Å². The Kier molecular flexibility index (Phi) is 52.8. The monoisotopic (exact) mass is 1680 g/mol. The van der Waals surface area contributed by atoms with Crippen LogP contribution in [0.5, 0.6) is 0 Å². The number of aliphatic carboxylic acids is 2. The molecule has 3 aliphatic rings. The van der Waals surface area contributed by atoms with Gasteiger partial charge in [0.05, 0.1) is 91.1 Å². The zero-order valence-corrected chi connectivity index (χ0v) is 68.2. The van der Waals surface area contributed by atoms with Crippen molar-refractivity contribution < 1.29 is 103 Å². The minimum Gasteiger partial charge on any atom is -0.481 e. The van der Waals surface area contributed by atoms with Gasteiger partial charge in [-0.1, -0.05) is 58.7 Å². The Labute approximate surface area is 674 Å². The highest BCUT2D eigenvalue weighted by Crippen LogP contribution is 2.26. The molecular weight excluding hydrogens is 1560 g/mol. The van der Waals surface area contributed by atoms with E-state index in [1.807, 2.05) is 13.2 Å². The Morgan fingerprint density at radius 1 is 0.429 bits per heavy atom. The van der Waals surface area contributed by atoms with Crippen LogP contribution in [0.4, 0.5) is 0 Å². The summed E-state index contributed by atoms with van der Waals surface area (Å²) in [4.78, 5) is 161. The minimum absolute atomic E-state index is 0.0139. The highest BCUT2D eigenvalue weighted by molar-refractivity contribution is 9.10. The van der Waals surface area contributed by atoms with E-state index in [0.717, 1.165) is 31.4 Å². The molecule has 32 nitrogen and oxygen atoms in total. The second-order valence-corrected chi connectivity index (χ2v) is 28.5. The fraction of sp³-hybridized carbons (Fsp3) is 0.597. The Bertz CT molecular complexity index is 3300. The number of nitrogens with one attached hydrogen (secondary N) is 5. The van der Waals surface area contributed by atoms with Crippen molar-refractivity contribution in [2.45, 2.75) is 145 Å². The van der Waals surface area contributed by atoms with Gasteiger partial charge < -0.3 is 67.4 Å². The van der Waals surface area contributed by atoms with Crippen LogP contribution in [0.15, 0.2) is 72.8 Å². The van der Waals surface area contributed by atoms with E-state index >= 15 is 0 Å². The molecule has 626 valence electrons. The van der Waals surface area contributed by atoms with Gasteiger partial charge in [0.1, 0.15) is 4.83 Å². The Balaban J connectivity index is 0.000000478. The van der Waals surface area contributed by atoms with E-state index < -0.39 is 22.8 Å². The van der Waals surface area contributed by atoms with Crippen LogP contribution in [-0.2, 0) is 33.6 Å². The predicted molar refractivity (Wildman–Crippen MR) is 430 cm³/mol. The smallest absolute Gasteiger partial charge is 0.317 e. The third-order valence-electron chi connectivity index (χ3n) is 18.1. The number of aliphatic hydroxyl groups excluding tert-OH is 6. The maximum absolute atomic E-state index is 12.4. The SMILES string of the molecule is CCNC(=O)C(CCCCN1C(=O)c2ccccc2C1=O)N(CCO)CCO.CNC(=O)C(CCCCNC(=O)CCS)N(CCO)CCO.CNC(=O)C(CCCCNC(=O)CCSC)N(CCO)CCO.O=C(O)C(Br)CCCCN1C(=O)c2ccccc2C1=O.O=C(O)CCCCCN1C(=O)c2ccccc2C1=O. The Morgan fingerprint density at radius 2 is 0.732 bits per heavy atom. The molecule has 0 bridgehead atoms. The van der Waals surface area contributed by atoms with Crippen molar-refractivity contribution >= 4 is 117 Å². The van der Waals surface area contributed by atoms with E-state index in [2.05, 4.69) is 55.1 Å². The second-order valence-electron chi connectivity index (χ2n) is 26.0. The lowest BCUT2D eigenvalue weighted by Crippen LogP contribution is -2.49. The third kappa shape index (κ3) is 35.7. The number of carbonyl (C=O) groups is 13. The number of alkyl halides is 1. The largest absolute Gasteiger partial charge is 0.481 e. The molecular formula is C77H118BrN11O21S2. The van der Waals surface area contributed by atoms with Gasteiger partial charge in [-0.2, -0.15) is 24.4 Å². The van der Waals surface area contributed by atoms with Crippen LogP contribution >= 0.6 is 40.3 Å². The normalized spacial score (nSPS) is 13.6. The number of hydrogen-bond donors (Lipinski definition) is 14. The molecule has 4 unspecified atom stereocenters. The summed E-state index contributed by atoms with van der Waals surface area (Å²) in [5, 5.41) is 85.8. The van der Waals surface area contributed by atoms with Crippen LogP contribution in [0.2, 0.25) is 0 Å². The van der Waals surface area contributed by atoms with Crippen molar-refractivity contribution in [2.24, 2.45) is 0 Å². The molecule has 0 saturated heterocycles. The molecule has 6 rings (SSSR count). The summed E-state index contributed by atoms with van der Waals surface area (Å²) < 4.78 is 0. The Hall–Kier alpha value is -7.81. The fourth-order valence-electron chi connectivity index (χ4n) is 12.3. The topological polar surface area (TPSA) is 463 Å². The number of amides is 11. The number of aliphatic hydroxyl groups is 6. The zero-order chi connectivity index (χ0) is 83.3. The molecule has 0 aromatic heterocycles. The van der Waals surface area contributed by atoms with Gasteiger partial charge in [0.2, 0.25) is 29.5 Å². The molecule has 0 aliphatic carbocycles. The van der Waals surface area contributed by atoms with Crippen molar-refractivity contribution in [1.82, 2.24) is 56.0 Å². The maximum Gasteiger partial charge on any atom is 0.317 e. The number of unbranched alkanes of at least 4 members (excludes halogenated alkanes) is 6. The first-order chi connectivity index (χ1) is 53.9. The standard InChI is InChI=1S/C20H29N3O5.C15H31N3O4S.C14H14BrNO4.C14H29N3O4S.C14H15NO4/c1-2-21-18(26)17(22(11-13-24)12-14-25)9-5-6-10-23-19(27)15-7-3-4-8-16(15)20(23)28;1-16-15(22)13(18(8-10-19)9-11-20)5-3-4-7-17-14(21)6-12-23-2;15-11(14(19)20)7-3-4-8-16-12(17)9-5-1-2-6-10(9)13(16)18;1-15-14(21)12(17(7-9-18)8-10-19)4-2-3-6-16-13(20)5-11-22;16-12(17)8-2-1-5-9-15-13(18)10-6-3-4-7-11(10)14(15)19/h3-4,7-8,17,24-25H,2,5-6,9-14H2,1H3,(H,21,26);13,19-20H,3-12H2,1-2H3,(H,16,22)(H,17,21);1-2,5-6,11H,3-4,7-8H2,(H,19,20);12,18-19,22H,2-11H2,1H3,(H,15,21)(H,16,20);3-4,6-7H,1-2,5,8-9H2,(H,16,17). The number of hydrogen-bond acceptors (Lipinski definition) is 24. The lowest BCUT2D eigenvalue weighted by atomic mass is 10.1. The highest BCUT2D eigenvalue weighted by Gasteiger charge is 2.38. The zero-order valence-electron chi connectivity index (χ0n) is 64.9. The number of thiol groups is 1. The van der Waals surface area contributed by atoms with Gasteiger partial charge in [0.25, 0.3) is 35.4 Å². The highest BCUT2D eigenvalue weighted by atomic mass is 79.9. The Morgan fingerprint density at radius 3 is 1.02 bits per heavy atom. The molecule has 0 spiro atoms. The van der Waals surface area contributed by atoms with Crippen molar-refractivity contribution in [1.29, 1.82) is 0 Å². The van der Waals surface area contributed by atoms with Gasteiger partial charge >= 0.3 is 11.9 Å². The van der Waals surface area contributed by atoms with Crippen LogP contribution in [-0.4, -0.2) is 320 Å². The van der Waals surface area contributed by atoms with Crippen LogP contribution in [0, 0.1) is 0 Å². The van der Waals surface area contributed by atoms with Crippen LogP contribution in [0.1, 0.15) is 185 Å². The van der Waals surface area contributed by atoms with E-state index in [1.54, 1.807) is 113 Å². The van der Waals surface area contributed by atoms with Gasteiger partial charge in [-0.05, 0) is 145 Å². The van der Waals surface area contributed by atoms with Gasteiger partial charge in [-0.15, -0.1) is 0 Å². The van der Waals surface area contributed by atoms with Crippen molar-refractivity contribution in [3.63, 3.8) is 0 Å². The fourth-order valence-corrected chi connectivity index (χ4v) is 13.2. The van der Waals surface area contributed by atoms with Gasteiger partial charge in [-0.25, -0.2) is 0 Å². The summed E-state index contributed by atoms with van der Waals surface area (Å²) in [6, 6.07) is 19.1. The van der Waals surface area contributed by atoms with E-state index in [4.69, 9.17) is 30.6 Å². The molecule has 3 aliphatic heterocycles. The molecule has 0 radical (unpaired) electrons.